The highest BCUT2D eigenvalue weighted by Crippen LogP contribution is 2.39. The van der Waals surface area contributed by atoms with E-state index in [2.05, 4.69) is 68.7 Å². The Bertz CT molecular complexity index is 708. The Hall–Kier alpha value is -1.24. The first-order valence-corrected chi connectivity index (χ1v) is 8.06. The Morgan fingerprint density at radius 2 is 1.95 bits per heavy atom. The average molecular weight is 316 g/mol. The van der Waals surface area contributed by atoms with E-state index in [1.165, 1.54) is 0 Å². The summed E-state index contributed by atoms with van der Waals surface area (Å²) in [7, 11) is -0.359. The van der Waals surface area contributed by atoms with Crippen molar-refractivity contribution in [2.45, 2.75) is 38.9 Å². The Kier molecular flexibility index (Phi) is 3.87. The zero-order valence-corrected chi connectivity index (χ0v) is 14.3. The second-order valence-corrected chi connectivity index (χ2v) is 7.00. The third-order valence-electron chi connectivity index (χ3n) is 4.55. The summed E-state index contributed by atoms with van der Waals surface area (Å²) in [5.74, 6) is 0.584. The third-order valence-corrected chi connectivity index (χ3v) is 4.92. The summed E-state index contributed by atoms with van der Waals surface area (Å²) >= 11 is 4.45. The molecule has 1 aliphatic rings. The number of hydrogen-bond donors (Lipinski definition) is 2. The van der Waals surface area contributed by atoms with Crippen molar-refractivity contribution in [2.24, 2.45) is 0 Å². The van der Waals surface area contributed by atoms with Gasteiger partial charge in [-0.1, -0.05) is 12.1 Å². The lowest BCUT2D eigenvalue weighted by Crippen LogP contribution is -2.41. The Morgan fingerprint density at radius 1 is 1.27 bits per heavy atom. The summed E-state index contributed by atoms with van der Waals surface area (Å²) in [6.07, 6.45) is 3.91. The van der Waals surface area contributed by atoms with Crippen LogP contribution in [0, 0.1) is 0 Å². The topological polar surface area (TPSA) is 47.1 Å². The molecule has 2 heterocycles. The van der Waals surface area contributed by atoms with Gasteiger partial charge in [-0.2, -0.15) is 17.7 Å². The van der Waals surface area contributed by atoms with Crippen LogP contribution in [0.3, 0.4) is 0 Å². The predicted octanol–water partition coefficient (Wildman–Crippen LogP) is 3.51. The number of fused-ring (bicyclic) bond motifs is 1. The highest BCUT2D eigenvalue weighted by molar-refractivity contribution is 7.80. The number of benzene rings is 1. The highest BCUT2D eigenvalue weighted by atomic mass is 32.1. The molecule has 1 aromatic heterocycles. The van der Waals surface area contributed by atoms with E-state index in [1.807, 2.05) is 12.3 Å². The van der Waals surface area contributed by atoms with Gasteiger partial charge in [0, 0.05) is 11.1 Å². The normalized spacial score (nSPS) is 20.8. The molecule has 22 heavy (non-hydrogen) atoms. The molecule has 0 radical (unpaired) electrons. The fraction of sp³-hybridized carbons (Fsp3) is 0.438. The van der Waals surface area contributed by atoms with E-state index < -0.39 is 0 Å². The zero-order valence-electron chi connectivity index (χ0n) is 13.4. The van der Waals surface area contributed by atoms with Gasteiger partial charge in [-0.3, -0.25) is 5.10 Å². The van der Waals surface area contributed by atoms with E-state index in [-0.39, 0.29) is 18.3 Å². The first-order chi connectivity index (χ1) is 10.3. The summed E-state index contributed by atoms with van der Waals surface area (Å²) in [6.45, 7) is 8.22. The standard InChI is InChI=1S/C16H21BN2O2S/c1-15(2)16(3,4)21-17(20-15)13(10-22)8-11-5-6-14-12(7-11)9-18-19-14/h5-9,22H,10H2,1-4H3,(H,18,19). The molecule has 2 aromatic rings. The molecule has 0 amide bonds. The van der Waals surface area contributed by atoms with Crippen molar-refractivity contribution in [2.75, 3.05) is 5.75 Å². The lowest BCUT2D eigenvalue weighted by Gasteiger charge is -2.32. The zero-order chi connectivity index (χ0) is 16.0. The summed E-state index contributed by atoms with van der Waals surface area (Å²) < 4.78 is 12.2. The molecule has 6 heteroatoms. The first kappa shape index (κ1) is 15.7. The Labute approximate surface area is 136 Å². The highest BCUT2D eigenvalue weighted by Gasteiger charge is 2.52. The molecule has 1 aromatic carbocycles. The lowest BCUT2D eigenvalue weighted by atomic mass is 9.78. The molecule has 1 aliphatic heterocycles. The largest absolute Gasteiger partial charge is 0.491 e. The number of nitrogens with zero attached hydrogens (tertiary/aromatic N) is 1. The molecule has 0 spiro atoms. The number of nitrogens with one attached hydrogen (secondary N) is 1. The number of thiol groups is 1. The number of H-pyrrole nitrogens is 1. The van der Waals surface area contributed by atoms with Gasteiger partial charge in [0.2, 0.25) is 0 Å². The molecule has 3 rings (SSSR count). The molecule has 1 fully saturated rings. The van der Waals surface area contributed by atoms with Crippen LogP contribution in [-0.4, -0.2) is 34.3 Å². The van der Waals surface area contributed by atoms with Crippen molar-refractivity contribution in [1.82, 2.24) is 10.2 Å². The van der Waals surface area contributed by atoms with Crippen LogP contribution in [0.15, 0.2) is 29.9 Å². The Balaban J connectivity index is 1.90. The van der Waals surface area contributed by atoms with Gasteiger partial charge in [0.05, 0.1) is 22.9 Å². The minimum absolute atomic E-state index is 0.339. The number of hydrogen-bond acceptors (Lipinski definition) is 4. The SMILES string of the molecule is CC1(C)OB(C(=Cc2ccc3[nH]ncc3c2)CS)OC1(C)C. The van der Waals surface area contributed by atoms with Crippen molar-refractivity contribution < 1.29 is 9.31 Å². The molecule has 0 unspecified atom stereocenters. The second-order valence-electron chi connectivity index (χ2n) is 6.68. The summed E-state index contributed by atoms with van der Waals surface area (Å²) in [6, 6.07) is 6.16. The van der Waals surface area contributed by atoms with Gasteiger partial charge >= 0.3 is 7.12 Å². The van der Waals surface area contributed by atoms with E-state index >= 15 is 0 Å². The van der Waals surface area contributed by atoms with Crippen LogP contribution in [0.25, 0.3) is 17.0 Å². The van der Waals surface area contributed by atoms with E-state index in [1.54, 1.807) is 0 Å². The predicted molar refractivity (Wildman–Crippen MR) is 94.0 cm³/mol. The maximum Gasteiger partial charge on any atom is 0.491 e. The van der Waals surface area contributed by atoms with Gasteiger partial charge in [0.1, 0.15) is 0 Å². The fourth-order valence-electron chi connectivity index (χ4n) is 2.45. The van der Waals surface area contributed by atoms with E-state index in [9.17, 15) is 0 Å². The summed E-state index contributed by atoms with van der Waals surface area (Å²) in [5.41, 5.74) is 2.46. The van der Waals surface area contributed by atoms with Crippen molar-refractivity contribution >= 4 is 36.7 Å². The van der Waals surface area contributed by atoms with Crippen molar-refractivity contribution in [1.29, 1.82) is 0 Å². The molecule has 0 bridgehead atoms. The molecule has 1 N–H and O–H groups in total. The monoisotopic (exact) mass is 316 g/mol. The van der Waals surface area contributed by atoms with Crippen LogP contribution in [0.5, 0.6) is 0 Å². The van der Waals surface area contributed by atoms with Crippen LogP contribution < -0.4 is 0 Å². The second kappa shape index (κ2) is 5.44. The van der Waals surface area contributed by atoms with Gasteiger partial charge in [-0.05, 0) is 50.9 Å². The first-order valence-electron chi connectivity index (χ1n) is 7.42. The van der Waals surface area contributed by atoms with E-state index in [0.717, 1.165) is 21.9 Å². The fourth-order valence-corrected chi connectivity index (χ4v) is 2.69. The lowest BCUT2D eigenvalue weighted by molar-refractivity contribution is 0.00578. The van der Waals surface area contributed by atoms with Crippen LogP contribution in [-0.2, 0) is 9.31 Å². The molecule has 116 valence electrons. The quantitative estimate of drug-likeness (QED) is 0.673. The maximum atomic E-state index is 6.10. The number of aromatic nitrogens is 2. The van der Waals surface area contributed by atoms with Crippen LogP contribution in [0.1, 0.15) is 33.3 Å². The molecular formula is C16H21BN2O2S. The maximum absolute atomic E-state index is 6.10. The van der Waals surface area contributed by atoms with Gasteiger partial charge in [0.15, 0.2) is 0 Å². The van der Waals surface area contributed by atoms with Crippen LogP contribution >= 0.6 is 12.6 Å². The van der Waals surface area contributed by atoms with Crippen LogP contribution in [0.4, 0.5) is 0 Å². The molecule has 0 aliphatic carbocycles. The minimum Gasteiger partial charge on any atom is -0.400 e. The molecular weight excluding hydrogens is 295 g/mol. The van der Waals surface area contributed by atoms with Gasteiger partial charge in [0.25, 0.3) is 0 Å². The van der Waals surface area contributed by atoms with E-state index in [4.69, 9.17) is 9.31 Å². The molecule has 0 saturated carbocycles. The minimum atomic E-state index is -0.359. The smallest absolute Gasteiger partial charge is 0.400 e. The van der Waals surface area contributed by atoms with Crippen molar-refractivity contribution in [3.63, 3.8) is 0 Å². The van der Waals surface area contributed by atoms with Crippen molar-refractivity contribution in [3.05, 3.63) is 35.4 Å². The third kappa shape index (κ3) is 2.71. The van der Waals surface area contributed by atoms with Gasteiger partial charge < -0.3 is 9.31 Å². The molecule has 4 nitrogen and oxygen atoms in total. The molecule has 0 atom stereocenters. The van der Waals surface area contributed by atoms with Gasteiger partial charge in [-0.15, -0.1) is 0 Å². The average Bonchev–Trinajstić information content (AvgIpc) is 2.98. The Morgan fingerprint density at radius 3 is 2.59 bits per heavy atom. The summed E-state index contributed by atoms with van der Waals surface area (Å²) in [5, 5.41) is 8.09. The van der Waals surface area contributed by atoms with Crippen LogP contribution in [0.2, 0.25) is 0 Å². The van der Waals surface area contributed by atoms with E-state index in [0.29, 0.717) is 5.75 Å². The van der Waals surface area contributed by atoms with Crippen molar-refractivity contribution in [3.8, 4) is 0 Å². The number of aromatic amines is 1. The number of rotatable bonds is 3. The molecule has 1 saturated heterocycles. The van der Waals surface area contributed by atoms with Gasteiger partial charge in [-0.25, -0.2) is 0 Å². The summed E-state index contributed by atoms with van der Waals surface area (Å²) in [4.78, 5) is 0.